The Morgan fingerprint density at radius 2 is 0.405 bits per heavy atom. The molecule has 0 saturated heterocycles. The largest absolute Gasteiger partial charge is 0.456 e. The van der Waals surface area contributed by atoms with Gasteiger partial charge in [0.1, 0.15) is 33.5 Å². The van der Waals surface area contributed by atoms with Gasteiger partial charge in [0, 0.05) is 103 Å². The van der Waals surface area contributed by atoms with Crippen LogP contribution in [0, 0.1) is 0 Å². The topological polar surface area (TPSA) is 155 Å². The Labute approximate surface area is 726 Å². The van der Waals surface area contributed by atoms with Crippen LogP contribution in [0.2, 0.25) is 0 Å². The molecular formula is C113H69N9O3S. The minimum atomic E-state index is 0.582. The Kier molecular flexibility index (Phi) is 18.8. The summed E-state index contributed by atoms with van der Waals surface area (Å²) in [5, 5.41) is 13.3. The average Bonchev–Trinajstić information content (AvgIpc) is 1.57. The SMILES string of the molecule is c1ccc(-c2ccc(-c3nc(-c4ccc5ccccc5c4)nc(-c4cccc5sc6ccccc6c45)n3)cc2)cc1.c1ccc(-c2ccc(-c3nc(-c4cccc5oc6ccccc6c45)nc(-c4cccc5oc6ccccc6c45)n3)cc2)cc1.c1ccc(-c2nc(-c3ccc(-c4ccc5ccccc5c4)cc3)nc(-c3cccc4oc5ccccc5c34)n2)cc1. The van der Waals surface area contributed by atoms with E-state index in [2.05, 4.69) is 273 Å². The van der Waals surface area contributed by atoms with Crippen molar-refractivity contribution in [2.75, 3.05) is 0 Å². The fourth-order valence-electron chi connectivity index (χ4n) is 17.1. The maximum Gasteiger partial charge on any atom is 0.164 e. The van der Waals surface area contributed by atoms with E-state index in [1.54, 1.807) is 11.3 Å². The number of para-hydroxylation sites is 3. The van der Waals surface area contributed by atoms with Crippen LogP contribution in [0.4, 0.5) is 0 Å². The van der Waals surface area contributed by atoms with Crippen molar-refractivity contribution in [1.82, 2.24) is 44.9 Å². The summed E-state index contributed by atoms with van der Waals surface area (Å²) in [6, 6.07) is 143. The number of fused-ring (bicyclic) bond motifs is 14. The lowest BCUT2D eigenvalue weighted by Crippen LogP contribution is -2.00. The molecule has 18 aromatic carbocycles. The number of benzene rings is 18. The van der Waals surface area contributed by atoms with Gasteiger partial charge in [-0.15, -0.1) is 11.3 Å². The number of furan rings is 3. The van der Waals surface area contributed by atoms with Crippen molar-refractivity contribution >= 4 is 119 Å². The van der Waals surface area contributed by atoms with Gasteiger partial charge >= 0.3 is 0 Å². The van der Waals surface area contributed by atoms with Gasteiger partial charge in [-0.1, -0.05) is 358 Å². The van der Waals surface area contributed by atoms with Gasteiger partial charge in [0.05, 0.1) is 0 Å². The predicted octanol–water partition coefficient (Wildman–Crippen LogP) is 30.0. The van der Waals surface area contributed by atoms with E-state index in [1.807, 2.05) is 146 Å². The van der Waals surface area contributed by atoms with E-state index in [0.717, 1.165) is 144 Å². The van der Waals surface area contributed by atoms with Crippen LogP contribution in [0.3, 0.4) is 0 Å². The van der Waals surface area contributed by atoms with Crippen molar-refractivity contribution in [3.05, 3.63) is 419 Å². The molecule has 0 aliphatic rings. The molecule has 12 nitrogen and oxygen atoms in total. The molecule has 0 radical (unpaired) electrons. The second kappa shape index (κ2) is 31.9. The summed E-state index contributed by atoms with van der Waals surface area (Å²) in [4.78, 5) is 45.4. The molecule has 0 saturated carbocycles. The summed E-state index contributed by atoms with van der Waals surface area (Å²) >= 11 is 1.80. The summed E-state index contributed by atoms with van der Waals surface area (Å²) in [5.41, 5.74) is 20.3. The van der Waals surface area contributed by atoms with Gasteiger partial charge in [-0.2, -0.15) is 0 Å². The zero-order chi connectivity index (χ0) is 83.4. The van der Waals surface area contributed by atoms with Gasteiger partial charge in [-0.05, 0) is 116 Å². The molecular weight excluding hydrogens is 1560 g/mol. The van der Waals surface area contributed by atoms with E-state index >= 15 is 0 Å². The van der Waals surface area contributed by atoms with Gasteiger partial charge in [-0.25, -0.2) is 44.9 Å². The van der Waals surface area contributed by atoms with Gasteiger partial charge in [0.15, 0.2) is 52.4 Å². The lowest BCUT2D eigenvalue weighted by molar-refractivity contribution is 0.668. The maximum absolute atomic E-state index is 6.21. The van der Waals surface area contributed by atoms with Crippen molar-refractivity contribution in [3.8, 4) is 136 Å². The molecule has 7 aromatic heterocycles. The summed E-state index contributed by atoms with van der Waals surface area (Å²) in [7, 11) is 0. The first-order chi connectivity index (χ1) is 62.4. The van der Waals surface area contributed by atoms with Crippen molar-refractivity contribution in [2.24, 2.45) is 0 Å². The highest BCUT2D eigenvalue weighted by Crippen LogP contribution is 2.44. The Morgan fingerprint density at radius 3 is 0.825 bits per heavy atom. The minimum absolute atomic E-state index is 0.582. The van der Waals surface area contributed by atoms with Crippen LogP contribution in [-0.2, 0) is 0 Å². The second-order valence-corrected chi connectivity index (χ2v) is 32.1. The summed E-state index contributed by atoms with van der Waals surface area (Å²) in [6.45, 7) is 0. The molecule has 25 rings (SSSR count). The summed E-state index contributed by atoms with van der Waals surface area (Å²) in [5.74, 6) is 5.65. The van der Waals surface area contributed by atoms with Gasteiger partial charge in [-0.3, -0.25) is 0 Å². The molecule has 0 N–H and O–H groups in total. The first-order valence-electron chi connectivity index (χ1n) is 41.8. The smallest absolute Gasteiger partial charge is 0.164 e. The minimum Gasteiger partial charge on any atom is -0.456 e. The van der Waals surface area contributed by atoms with Crippen molar-refractivity contribution in [1.29, 1.82) is 0 Å². The Morgan fingerprint density at radius 1 is 0.151 bits per heavy atom. The number of rotatable bonds is 12. The molecule has 0 atom stereocenters. The Hall–Kier alpha value is -16.9. The van der Waals surface area contributed by atoms with Crippen LogP contribution in [0.1, 0.15) is 0 Å². The predicted molar refractivity (Wildman–Crippen MR) is 514 cm³/mol. The maximum atomic E-state index is 6.21. The van der Waals surface area contributed by atoms with Crippen LogP contribution in [-0.4, -0.2) is 44.9 Å². The number of hydrogen-bond donors (Lipinski definition) is 0. The highest BCUT2D eigenvalue weighted by Gasteiger charge is 2.24. The van der Waals surface area contributed by atoms with Crippen molar-refractivity contribution in [2.45, 2.75) is 0 Å². The van der Waals surface area contributed by atoms with E-state index < -0.39 is 0 Å². The molecule has 0 spiro atoms. The van der Waals surface area contributed by atoms with Crippen molar-refractivity contribution < 1.29 is 13.3 Å². The molecule has 0 unspecified atom stereocenters. The normalized spacial score (nSPS) is 11.5. The number of nitrogens with zero attached hydrogens (tertiary/aromatic N) is 9. The zero-order valence-corrected chi connectivity index (χ0v) is 68.3. The highest BCUT2D eigenvalue weighted by molar-refractivity contribution is 7.26. The first-order valence-corrected chi connectivity index (χ1v) is 42.6. The quantitative estimate of drug-likeness (QED) is 0.114. The van der Waals surface area contributed by atoms with Crippen LogP contribution < -0.4 is 0 Å². The number of thiophene rings is 1. The monoisotopic (exact) mass is 1630 g/mol. The van der Waals surface area contributed by atoms with Gasteiger partial charge in [0.2, 0.25) is 0 Å². The standard InChI is InChI=1S/C39H23N3O2.C37H23N3O.C37H23N3S/c1-2-10-24(11-3-1)25-20-22-26(23-21-25)37-40-38(29-14-8-18-33-35(29)27-12-4-6-16-31(27)43-33)42-39(41-37)30-15-9-19-34-36(30)28-13-5-7-17-32(28)44-34;1-2-10-26(11-3-1)35-38-36(27-20-17-25(18-21-27)29-22-19-24-9-4-5-12-28(24)23-29)40-37(39-35)31-14-8-16-33-34(31)30-13-6-7-15-32(30)41-33;1-2-9-24(10-3-1)26-17-20-27(21-18-26)35-38-36(29-22-19-25-11-4-5-12-28(25)23-29)40-37(39-35)31-14-8-16-33-34(31)30-13-6-7-15-32(30)41-33/h1-23H;2*1-23H. The lowest BCUT2D eigenvalue weighted by atomic mass is 10.00. The van der Waals surface area contributed by atoms with Crippen LogP contribution >= 0.6 is 11.3 Å². The fourth-order valence-corrected chi connectivity index (χ4v) is 18.2. The molecule has 25 aromatic rings. The zero-order valence-electron chi connectivity index (χ0n) is 67.5. The molecule has 0 bridgehead atoms. The molecule has 0 aliphatic carbocycles. The average molecular weight is 1630 g/mol. The van der Waals surface area contributed by atoms with Gasteiger partial charge < -0.3 is 13.3 Å². The summed E-state index contributed by atoms with van der Waals surface area (Å²) in [6.07, 6.45) is 0. The van der Waals surface area contributed by atoms with E-state index in [1.165, 1.54) is 47.5 Å². The van der Waals surface area contributed by atoms with Crippen LogP contribution in [0.25, 0.3) is 243 Å². The van der Waals surface area contributed by atoms with Gasteiger partial charge in [0.25, 0.3) is 0 Å². The molecule has 13 heteroatoms. The van der Waals surface area contributed by atoms with E-state index in [9.17, 15) is 0 Å². The first kappa shape index (κ1) is 74.2. The number of hydrogen-bond acceptors (Lipinski definition) is 13. The molecule has 0 fully saturated rings. The fraction of sp³-hybridized carbons (Fsp3) is 0. The van der Waals surface area contributed by atoms with Crippen LogP contribution in [0.5, 0.6) is 0 Å². The molecule has 0 aliphatic heterocycles. The van der Waals surface area contributed by atoms with Crippen LogP contribution in [0.15, 0.2) is 432 Å². The Bertz CT molecular complexity index is 8330. The summed E-state index contributed by atoms with van der Waals surface area (Å²) < 4.78 is 21.1. The third kappa shape index (κ3) is 14.0. The van der Waals surface area contributed by atoms with Crippen molar-refractivity contribution in [3.63, 3.8) is 0 Å². The van der Waals surface area contributed by atoms with E-state index in [-0.39, 0.29) is 0 Å². The lowest BCUT2D eigenvalue weighted by Gasteiger charge is -2.10. The molecule has 7 heterocycles. The number of aromatic nitrogens is 9. The second-order valence-electron chi connectivity index (χ2n) is 31.0. The Balaban J connectivity index is 0.000000109. The third-order valence-corrected chi connectivity index (χ3v) is 24.4. The molecule has 0 amide bonds. The highest BCUT2D eigenvalue weighted by atomic mass is 32.1. The molecule has 126 heavy (non-hydrogen) atoms. The molecule has 590 valence electrons. The van der Waals surface area contributed by atoms with E-state index in [0.29, 0.717) is 52.4 Å². The third-order valence-electron chi connectivity index (χ3n) is 23.2. The van der Waals surface area contributed by atoms with E-state index in [4.69, 9.17) is 58.1 Å².